The van der Waals surface area contributed by atoms with Gasteiger partial charge in [-0.25, -0.2) is 0 Å². The van der Waals surface area contributed by atoms with E-state index in [9.17, 15) is 22.8 Å². The number of nitrogens with two attached hydrogens (primary N) is 1. The Kier molecular flexibility index (Phi) is 5.43. The number of hydrogen-bond donors (Lipinski definition) is 2. The average molecular weight is 352 g/mol. The highest BCUT2D eigenvalue weighted by Gasteiger charge is 2.36. The summed E-state index contributed by atoms with van der Waals surface area (Å²) in [4.78, 5) is 23.6. The molecule has 25 heavy (non-hydrogen) atoms. The second kappa shape index (κ2) is 7.35. The zero-order valence-corrected chi connectivity index (χ0v) is 13.2. The van der Waals surface area contributed by atoms with E-state index in [0.29, 0.717) is 5.69 Å². The Morgan fingerprint density at radius 3 is 2.44 bits per heavy atom. The third-order valence-corrected chi connectivity index (χ3v) is 3.23. The fourth-order valence-corrected chi connectivity index (χ4v) is 2.17. The lowest BCUT2D eigenvalue weighted by Gasteiger charge is -2.16. The predicted molar refractivity (Wildman–Crippen MR) is 85.0 cm³/mol. The van der Waals surface area contributed by atoms with E-state index in [-0.39, 0.29) is 6.54 Å². The first kappa shape index (κ1) is 18.5. The number of amides is 1. The summed E-state index contributed by atoms with van der Waals surface area (Å²) in [5.74, 6) is -2.62. The standard InChI is InChI=1S/C17H15F3N2O3/c1-10(23)25-15-13(6-3-7-14(15)17(18,19)20)16(24)22-12-5-2-4-11(8-12)9-21/h2-8H,9,21H2,1H3,(H,22,24). The third-order valence-electron chi connectivity index (χ3n) is 3.23. The molecule has 2 aromatic rings. The molecule has 0 saturated carbocycles. The van der Waals surface area contributed by atoms with Crippen LogP contribution in [0.2, 0.25) is 0 Å². The molecule has 5 nitrogen and oxygen atoms in total. The molecule has 0 heterocycles. The lowest BCUT2D eigenvalue weighted by molar-refractivity contribution is -0.141. The van der Waals surface area contributed by atoms with Crippen LogP contribution in [0, 0.1) is 0 Å². The van der Waals surface area contributed by atoms with E-state index in [2.05, 4.69) is 10.1 Å². The monoisotopic (exact) mass is 352 g/mol. The Balaban J connectivity index is 2.42. The molecule has 0 atom stereocenters. The summed E-state index contributed by atoms with van der Waals surface area (Å²) in [5, 5.41) is 2.47. The third kappa shape index (κ3) is 4.57. The van der Waals surface area contributed by atoms with Gasteiger partial charge < -0.3 is 15.8 Å². The van der Waals surface area contributed by atoms with Gasteiger partial charge >= 0.3 is 12.1 Å². The van der Waals surface area contributed by atoms with Gasteiger partial charge in [0.15, 0.2) is 5.75 Å². The molecule has 0 bridgehead atoms. The Bertz CT molecular complexity index is 804. The van der Waals surface area contributed by atoms with Crippen LogP contribution in [0.15, 0.2) is 42.5 Å². The van der Waals surface area contributed by atoms with Crippen molar-refractivity contribution in [2.45, 2.75) is 19.6 Å². The lowest BCUT2D eigenvalue weighted by atomic mass is 10.1. The summed E-state index contributed by atoms with van der Waals surface area (Å²) in [5.41, 5.74) is 5.01. The molecule has 0 aromatic heterocycles. The van der Waals surface area contributed by atoms with Crippen LogP contribution >= 0.6 is 0 Å². The van der Waals surface area contributed by atoms with E-state index in [4.69, 9.17) is 5.73 Å². The van der Waals surface area contributed by atoms with Crippen LogP contribution < -0.4 is 15.8 Å². The maximum atomic E-state index is 13.1. The zero-order chi connectivity index (χ0) is 18.6. The number of benzene rings is 2. The van der Waals surface area contributed by atoms with Crippen LogP contribution in [0.4, 0.5) is 18.9 Å². The summed E-state index contributed by atoms with van der Waals surface area (Å²) in [6, 6.07) is 9.51. The number of esters is 1. The molecule has 0 fully saturated rings. The first-order valence-electron chi connectivity index (χ1n) is 7.21. The minimum absolute atomic E-state index is 0.242. The molecule has 132 valence electrons. The van der Waals surface area contributed by atoms with Gasteiger partial charge in [-0.15, -0.1) is 0 Å². The number of anilines is 1. The molecule has 3 N–H and O–H groups in total. The highest BCUT2D eigenvalue weighted by atomic mass is 19.4. The van der Waals surface area contributed by atoms with E-state index in [1.54, 1.807) is 24.3 Å². The van der Waals surface area contributed by atoms with Crippen molar-refractivity contribution in [3.8, 4) is 5.75 Å². The molecule has 0 saturated heterocycles. The molecule has 0 radical (unpaired) electrons. The molecular weight excluding hydrogens is 337 g/mol. The summed E-state index contributed by atoms with van der Waals surface area (Å²) < 4.78 is 44.1. The van der Waals surface area contributed by atoms with Crippen LogP contribution in [-0.4, -0.2) is 11.9 Å². The van der Waals surface area contributed by atoms with Gasteiger partial charge in [0.25, 0.3) is 5.91 Å². The van der Waals surface area contributed by atoms with Gasteiger partial charge in [0.05, 0.1) is 11.1 Å². The van der Waals surface area contributed by atoms with E-state index in [1.165, 1.54) is 0 Å². The molecule has 0 aliphatic heterocycles. The second-order valence-corrected chi connectivity index (χ2v) is 5.13. The van der Waals surface area contributed by atoms with Crippen molar-refractivity contribution in [3.05, 3.63) is 59.2 Å². The Hall–Kier alpha value is -2.87. The number of carbonyl (C=O) groups is 2. The van der Waals surface area contributed by atoms with E-state index < -0.39 is 34.9 Å². The largest absolute Gasteiger partial charge is 0.425 e. The number of nitrogens with one attached hydrogen (secondary N) is 1. The van der Waals surface area contributed by atoms with Crippen LogP contribution in [0.25, 0.3) is 0 Å². The summed E-state index contributed by atoms with van der Waals surface area (Å²) in [7, 11) is 0. The highest BCUT2D eigenvalue weighted by Crippen LogP contribution is 2.38. The number of para-hydroxylation sites is 1. The zero-order valence-electron chi connectivity index (χ0n) is 13.2. The number of halogens is 3. The summed E-state index contributed by atoms with van der Waals surface area (Å²) in [6.07, 6.45) is -4.78. The topological polar surface area (TPSA) is 81.4 Å². The molecular formula is C17H15F3N2O3. The van der Waals surface area contributed by atoms with Crippen molar-refractivity contribution in [1.29, 1.82) is 0 Å². The van der Waals surface area contributed by atoms with Gasteiger partial charge in [-0.2, -0.15) is 13.2 Å². The van der Waals surface area contributed by atoms with Gasteiger partial charge in [0, 0.05) is 19.2 Å². The van der Waals surface area contributed by atoms with Gasteiger partial charge in [-0.05, 0) is 29.8 Å². The normalized spacial score (nSPS) is 11.1. The molecule has 2 aromatic carbocycles. The maximum absolute atomic E-state index is 13.1. The highest BCUT2D eigenvalue weighted by molar-refractivity contribution is 6.07. The van der Waals surface area contributed by atoms with Crippen LogP contribution in [0.1, 0.15) is 28.4 Å². The Morgan fingerprint density at radius 2 is 1.84 bits per heavy atom. The quantitative estimate of drug-likeness (QED) is 0.653. The first-order valence-corrected chi connectivity index (χ1v) is 7.21. The fraction of sp³-hybridized carbons (Fsp3) is 0.176. The minimum atomic E-state index is -4.78. The number of carbonyl (C=O) groups excluding carboxylic acids is 2. The van der Waals surface area contributed by atoms with Crippen molar-refractivity contribution >= 4 is 17.6 Å². The van der Waals surface area contributed by atoms with Gasteiger partial charge in [0.2, 0.25) is 0 Å². The predicted octanol–water partition coefficient (Wildman–Crippen LogP) is 3.34. The van der Waals surface area contributed by atoms with Crippen molar-refractivity contribution in [2.75, 3.05) is 5.32 Å². The molecule has 2 rings (SSSR count). The van der Waals surface area contributed by atoms with Crippen LogP contribution in [-0.2, 0) is 17.5 Å². The SMILES string of the molecule is CC(=O)Oc1c(C(=O)Nc2cccc(CN)c2)cccc1C(F)(F)F. The number of hydrogen-bond acceptors (Lipinski definition) is 4. The number of ether oxygens (including phenoxy) is 1. The molecule has 0 spiro atoms. The van der Waals surface area contributed by atoms with Gasteiger partial charge in [-0.1, -0.05) is 18.2 Å². The smallest absolute Gasteiger partial charge is 0.420 e. The van der Waals surface area contributed by atoms with Crippen molar-refractivity contribution in [1.82, 2.24) is 0 Å². The molecule has 8 heteroatoms. The van der Waals surface area contributed by atoms with Crippen LogP contribution in [0.5, 0.6) is 5.75 Å². The van der Waals surface area contributed by atoms with E-state index >= 15 is 0 Å². The second-order valence-electron chi connectivity index (χ2n) is 5.13. The Labute approximate surface area is 141 Å². The molecule has 1 amide bonds. The lowest BCUT2D eigenvalue weighted by Crippen LogP contribution is -2.18. The van der Waals surface area contributed by atoms with Crippen molar-refractivity contribution in [2.24, 2.45) is 5.73 Å². The van der Waals surface area contributed by atoms with Crippen LogP contribution in [0.3, 0.4) is 0 Å². The van der Waals surface area contributed by atoms with Gasteiger partial charge in [0.1, 0.15) is 0 Å². The van der Waals surface area contributed by atoms with Crippen molar-refractivity contribution < 1.29 is 27.5 Å². The van der Waals surface area contributed by atoms with Gasteiger partial charge in [-0.3, -0.25) is 9.59 Å². The number of rotatable bonds is 4. The fourth-order valence-electron chi connectivity index (χ4n) is 2.17. The molecule has 0 aliphatic rings. The maximum Gasteiger partial charge on any atom is 0.420 e. The first-order chi connectivity index (χ1) is 11.7. The average Bonchev–Trinajstić information content (AvgIpc) is 2.53. The summed E-state index contributed by atoms with van der Waals surface area (Å²) in [6.45, 7) is 1.20. The van der Waals surface area contributed by atoms with E-state index in [0.717, 1.165) is 30.7 Å². The van der Waals surface area contributed by atoms with E-state index in [1.807, 2.05) is 0 Å². The molecule has 0 aliphatic carbocycles. The molecule has 0 unspecified atom stereocenters. The minimum Gasteiger partial charge on any atom is -0.425 e. The number of alkyl halides is 3. The Morgan fingerprint density at radius 1 is 1.16 bits per heavy atom. The van der Waals surface area contributed by atoms with Crippen molar-refractivity contribution in [3.63, 3.8) is 0 Å². The summed E-state index contributed by atoms with van der Waals surface area (Å²) >= 11 is 0.